The van der Waals surface area contributed by atoms with Crippen LogP contribution in [-0.2, 0) is 16.5 Å². The Morgan fingerprint density at radius 2 is 1.70 bits per heavy atom. The topological polar surface area (TPSA) is 86.7 Å². The Bertz CT molecular complexity index is 821. The summed E-state index contributed by atoms with van der Waals surface area (Å²) >= 11 is 0. The van der Waals surface area contributed by atoms with Gasteiger partial charge in [-0.1, -0.05) is 57.2 Å². The van der Waals surface area contributed by atoms with E-state index in [2.05, 4.69) is 6.92 Å². The third-order valence-electron chi connectivity index (χ3n) is 4.14. The van der Waals surface area contributed by atoms with Gasteiger partial charge in [0.25, 0.3) is 10.1 Å². The van der Waals surface area contributed by atoms with E-state index in [-0.39, 0.29) is 35.3 Å². The van der Waals surface area contributed by atoms with Crippen molar-refractivity contribution in [3.63, 3.8) is 0 Å². The van der Waals surface area contributed by atoms with E-state index in [1.54, 1.807) is 6.07 Å². The van der Waals surface area contributed by atoms with Crippen molar-refractivity contribution in [3.05, 3.63) is 48.0 Å². The van der Waals surface area contributed by atoms with Crippen LogP contribution >= 0.6 is 0 Å². The third-order valence-corrected chi connectivity index (χ3v) is 5.03. The van der Waals surface area contributed by atoms with Crippen molar-refractivity contribution in [1.82, 2.24) is 0 Å². The second-order valence-corrected chi connectivity index (χ2v) is 7.74. The molecule has 0 unspecified atom stereocenters. The summed E-state index contributed by atoms with van der Waals surface area (Å²) in [5, 5.41) is 11.5. The molecular weight excluding hydrogens is 375 g/mol. The molecule has 0 aliphatic heterocycles. The first-order chi connectivity index (χ1) is 12.4. The van der Waals surface area contributed by atoms with Gasteiger partial charge >= 0.3 is 29.6 Å². The Morgan fingerprint density at radius 1 is 1.00 bits per heavy atom. The molecule has 7 heteroatoms. The average molecular weight is 400 g/mol. The zero-order chi connectivity index (χ0) is 19.0. The summed E-state index contributed by atoms with van der Waals surface area (Å²) in [6.45, 7) is 2.20. The molecule has 0 heterocycles. The maximum Gasteiger partial charge on any atom is 1.00 e. The molecule has 1 N–H and O–H groups in total. The summed E-state index contributed by atoms with van der Waals surface area (Å²) in [5.41, 5.74) is 1.09. The average Bonchev–Trinajstić information content (AvgIpc) is 2.57. The van der Waals surface area contributed by atoms with Crippen LogP contribution in [0.25, 0.3) is 0 Å². The number of aryl methyl sites for hydroxylation is 1. The number of hydrogen-bond acceptors (Lipinski definition) is 4. The number of benzene rings is 2. The van der Waals surface area contributed by atoms with Gasteiger partial charge in [0.1, 0.15) is 16.4 Å². The fraction of sp³-hybridized carbons (Fsp3) is 0.400. The van der Waals surface area contributed by atoms with Gasteiger partial charge in [-0.3, -0.25) is 4.55 Å². The summed E-state index contributed by atoms with van der Waals surface area (Å²) in [6.07, 6.45) is 8.18. The Balaban J connectivity index is 0.00000364. The Labute approximate surface area is 183 Å². The van der Waals surface area contributed by atoms with Crippen LogP contribution in [0.15, 0.2) is 47.4 Å². The molecule has 0 spiro atoms. The van der Waals surface area contributed by atoms with Gasteiger partial charge in [-0.2, -0.15) is 8.42 Å². The molecule has 0 aromatic heterocycles. The Morgan fingerprint density at radius 3 is 2.41 bits per heavy atom. The Kier molecular flexibility index (Phi) is 10.4. The van der Waals surface area contributed by atoms with Gasteiger partial charge in [0.2, 0.25) is 0 Å². The SMILES string of the molecule is CCCCCCCCc1cccc(Oc2cc([O-])ccc2S(=O)(=O)O)c1.[Na+]. The molecule has 27 heavy (non-hydrogen) atoms. The van der Waals surface area contributed by atoms with Crippen LogP contribution < -0.4 is 39.4 Å². The van der Waals surface area contributed by atoms with Gasteiger partial charge in [-0.15, -0.1) is 5.75 Å². The molecule has 2 rings (SSSR count). The number of hydrogen-bond donors (Lipinski definition) is 1. The molecule has 0 amide bonds. The van der Waals surface area contributed by atoms with E-state index < -0.39 is 20.8 Å². The van der Waals surface area contributed by atoms with E-state index in [0.717, 1.165) is 36.6 Å². The molecule has 0 atom stereocenters. The molecule has 0 saturated carbocycles. The molecule has 142 valence electrons. The van der Waals surface area contributed by atoms with Gasteiger partial charge in [0.15, 0.2) is 0 Å². The second-order valence-electron chi connectivity index (χ2n) is 6.35. The van der Waals surface area contributed by atoms with E-state index >= 15 is 0 Å². The maximum atomic E-state index is 11.5. The zero-order valence-corrected chi connectivity index (χ0v) is 18.8. The largest absolute Gasteiger partial charge is 1.00 e. The first-order valence-corrected chi connectivity index (χ1v) is 10.4. The molecule has 2 aromatic rings. The molecule has 0 aliphatic rings. The van der Waals surface area contributed by atoms with Crippen molar-refractivity contribution >= 4 is 10.1 Å². The summed E-state index contributed by atoms with van der Waals surface area (Å²) in [4.78, 5) is -0.418. The van der Waals surface area contributed by atoms with Crippen molar-refractivity contribution in [2.45, 2.75) is 56.8 Å². The van der Waals surface area contributed by atoms with Crippen LogP contribution in [0.2, 0.25) is 0 Å². The van der Waals surface area contributed by atoms with Gasteiger partial charge < -0.3 is 9.84 Å². The van der Waals surface area contributed by atoms with Gasteiger partial charge in [0.05, 0.1) is 0 Å². The van der Waals surface area contributed by atoms with E-state index in [1.807, 2.05) is 18.2 Å². The third kappa shape index (κ3) is 8.23. The summed E-state index contributed by atoms with van der Waals surface area (Å²) in [5.74, 6) is -0.128. The summed E-state index contributed by atoms with van der Waals surface area (Å²) in [6, 6.07) is 10.5. The van der Waals surface area contributed by atoms with Crippen LogP contribution in [0.5, 0.6) is 17.2 Å². The van der Waals surface area contributed by atoms with Crippen molar-refractivity contribution in [2.75, 3.05) is 0 Å². The molecule has 0 fully saturated rings. The minimum Gasteiger partial charge on any atom is -0.872 e. The predicted octanol–water partition coefficient (Wildman–Crippen LogP) is 1.71. The van der Waals surface area contributed by atoms with Crippen molar-refractivity contribution in [3.8, 4) is 17.2 Å². The summed E-state index contributed by atoms with van der Waals surface area (Å²) < 4.78 is 37.8. The van der Waals surface area contributed by atoms with E-state index in [0.29, 0.717) is 5.75 Å². The summed E-state index contributed by atoms with van der Waals surface area (Å²) in [7, 11) is -4.47. The second kappa shape index (κ2) is 11.7. The van der Waals surface area contributed by atoms with Crippen LogP contribution in [0.4, 0.5) is 0 Å². The van der Waals surface area contributed by atoms with Crippen molar-refractivity contribution in [2.24, 2.45) is 0 Å². The quantitative estimate of drug-likeness (QED) is 0.373. The molecular formula is C20H25NaO5S. The molecule has 2 aromatic carbocycles. The molecule has 0 radical (unpaired) electrons. The van der Waals surface area contributed by atoms with E-state index in [9.17, 15) is 18.1 Å². The minimum absolute atomic E-state index is 0. The van der Waals surface area contributed by atoms with Crippen molar-refractivity contribution in [1.29, 1.82) is 0 Å². The number of ether oxygens (including phenoxy) is 1. The molecule has 0 aliphatic carbocycles. The van der Waals surface area contributed by atoms with Crippen molar-refractivity contribution < 1.29 is 52.4 Å². The smallest absolute Gasteiger partial charge is 0.872 e. The first-order valence-electron chi connectivity index (χ1n) is 8.95. The van der Waals surface area contributed by atoms with Crippen LogP contribution in [-0.4, -0.2) is 13.0 Å². The normalized spacial score (nSPS) is 11.0. The first kappa shape index (κ1) is 24.0. The fourth-order valence-electron chi connectivity index (χ4n) is 2.78. The van der Waals surface area contributed by atoms with Crippen LogP contribution in [0.1, 0.15) is 51.0 Å². The molecule has 0 saturated heterocycles. The number of unbranched alkanes of at least 4 members (excludes halogenated alkanes) is 5. The van der Waals surface area contributed by atoms with E-state index in [4.69, 9.17) is 4.74 Å². The Hall–Kier alpha value is -1.05. The molecule has 0 bridgehead atoms. The van der Waals surface area contributed by atoms with E-state index in [1.165, 1.54) is 32.1 Å². The molecule has 5 nitrogen and oxygen atoms in total. The van der Waals surface area contributed by atoms with Crippen LogP contribution in [0, 0.1) is 0 Å². The fourth-order valence-corrected chi connectivity index (χ4v) is 3.38. The maximum absolute atomic E-state index is 11.5. The zero-order valence-electron chi connectivity index (χ0n) is 16.0. The van der Waals surface area contributed by atoms with Crippen LogP contribution in [0.3, 0.4) is 0 Å². The van der Waals surface area contributed by atoms with Gasteiger partial charge in [-0.05, 0) is 42.7 Å². The van der Waals surface area contributed by atoms with Gasteiger partial charge in [-0.25, -0.2) is 0 Å². The standard InChI is InChI=1S/C20H26O5S.Na/c1-2-3-4-5-6-7-9-16-10-8-11-18(14-16)25-19-15-17(21)12-13-20(19)26(22,23)24;/h8,10-15,21H,2-7,9H2,1H3,(H,22,23,24);/q;+1/p-1. The monoisotopic (exact) mass is 400 g/mol. The minimum atomic E-state index is -4.47. The van der Waals surface area contributed by atoms with Gasteiger partial charge in [0, 0.05) is 0 Å². The predicted molar refractivity (Wildman–Crippen MR) is 99.3 cm³/mol. The number of rotatable bonds is 10.